The molecule has 6 aromatic rings. The highest BCUT2D eigenvalue weighted by Gasteiger charge is 2.45. The Hall–Kier alpha value is -4.62. The summed E-state index contributed by atoms with van der Waals surface area (Å²) in [7, 11) is 0. The van der Waals surface area contributed by atoms with Gasteiger partial charge in [-0.3, -0.25) is 0 Å². The van der Waals surface area contributed by atoms with Gasteiger partial charge in [0.1, 0.15) is 0 Å². The van der Waals surface area contributed by atoms with E-state index in [1.54, 1.807) is 0 Å². The number of nitrogens with zero attached hydrogens (tertiary/aromatic N) is 1. The maximum atomic E-state index is 2.43. The average Bonchev–Trinajstić information content (AvgIpc) is 3.01. The summed E-state index contributed by atoms with van der Waals surface area (Å²) in [4.78, 5) is 2.38. The summed E-state index contributed by atoms with van der Waals surface area (Å²) >= 11 is 0. The van der Waals surface area contributed by atoms with E-state index < -0.39 is 0 Å². The van der Waals surface area contributed by atoms with Gasteiger partial charge in [-0.15, -0.1) is 0 Å². The zero-order valence-electron chi connectivity index (χ0n) is 24.2. The number of fused-ring (bicyclic) bond motifs is 4. The van der Waals surface area contributed by atoms with Crippen LogP contribution in [-0.4, -0.2) is 0 Å². The minimum atomic E-state index is -0.0466. The predicted octanol–water partition coefficient (Wildman–Crippen LogP) is 11.2. The van der Waals surface area contributed by atoms with Gasteiger partial charge in [-0.1, -0.05) is 125 Å². The van der Waals surface area contributed by atoms with Crippen LogP contribution in [-0.2, 0) is 10.8 Å². The Morgan fingerprint density at radius 3 is 1.73 bits per heavy atom. The van der Waals surface area contributed by atoms with Crippen molar-refractivity contribution in [1.29, 1.82) is 0 Å². The second-order valence-electron chi connectivity index (χ2n) is 12.3. The molecule has 7 rings (SSSR count). The monoisotopic (exact) mass is 529 g/mol. The minimum Gasteiger partial charge on any atom is -0.310 e. The summed E-state index contributed by atoms with van der Waals surface area (Å²) in [5, 5.41) is 2.53. The Balaban J connectivity index is 1.34. The Bertz CT molecular complexity index is 1880. The molecule has 0 heterocycles. The van der Waals surface area contributed by atoms with E-state index in [9.17, 15) is 0 Å². The van der Waals surface area contributed by atoms with Crippen molar-refractivity contribution in [2.75, 3.05) is 4.90 Å². The first-order valence-corrected chi connectivity index (χ1v) is 14.5. The number of anilines is 3. The lowest BCUT2D eigenvalue weighted by Crippen LogP contribution is -2.43. The smallest absolute Gasteiger partial charge is 0.0464 e. The van der Waals surface area contributed by atoms with Crippen LogP contribution >= 0.6 is 0 Å². The number of benzene rings is 6. The van der Waals surface area contributed by atoms with Crippen LogP contribution in [0.4, 0.5) is 17.1 Å². The van der Waals surface area contributed by atoms with E-state index in [-0.39, 0.29) is 10.8 Å². The van der Waals surface area contributed by atoms with Crippen molar-refractivity contribution < 1.29 is 0 Å². The summed E-state index contributed by atoms with van der Waals surface area (Å²) < 4.78 is 0. The molecular weight excluding hydrogens is 494 g/mol. The minimum absolute atomic E-state index is 0.00566. The van der Waals surface area contributed by atoms with Crippen LogP contribution in [0.15, 0.2) is 140 Å². The van der Waals surface area contributed by atoms with Gasteiger partial charge in [0.05, 0.1) is 0 Å². The van der Waals surface area contributed by atoms with Gasteiger partial charge in [0.15, 0.2) is 0 Å². The van der Waals surface area contributed by atoms with Gasteiger partial charge in [-0.25, -0.2) is 0 Å². The van der Waals surface area contributed by atoms with Crippen LogP contribution in [0.3, 0.4) is 0 Å². The number of hydrogen-bond acceptors (Lipinski definition) is 1. The highest BCUT2D eigenvalue weighted by atomic mass is 15.1. The lowest BCUT2D eigenvalue weighted by Gasteiger charge is -2.48. The molecule has 0 unspecified atom stereocenters. The molecule has 41 heavy (non-hydrogen) atoms. The molecule has 200 valence electrons. The molecule has 1 heteroatoms. The third-order valence-electron chi connectivity index (χ3n) is 9.61. The molecule has 0 amide bonds. The van der Waals surface area contributed by atoms with Crippen LogP contribution in [0, 0.1) is 0 Å². The molecule has 0 aromatic heterocycles. The van der Waals surface area contributed by atoms with Gasteiger partial charge >= 0.3 is 0 Å². The first-order chi connectivity index (χ1) is 19.8. The Kier molecular flexibility index (Phi) is 5.87. The number of hydrogen-bond donors (Lipinski definition) is 0. The van der Waals surface area contributed by atoms with Crippen molar-refractivity contribution in [2.24, 2.45) is 0 Å². The van der Waals surface area contributed by atoms with E-state index in [1.165, 1.54) is 49.8 Å². The standard InChI is InChI=1S/C40H35N/c1-39(2)37-17-11-10-16-35(37)36-25-24-34(27-38(36)40(39,3)4)41(32-14-6-5-7-15-32)33-22-20-29(21-23-33)31-19-18-28-12-8-9-13-30(28)26-31/h5-27H,1-4H3. The molecule has 0 N–H and O–H groups in total. The molecule has 0 fully saturated rings. The van der Waals surface area contributed by atoms with Crippen molar-refractivity contribution >= 4 is 27.8 Å². The van der Waals surface area contributed by atoms with Gasteiger partial charge in [0.2, 0.25) is 0 Å². The SMILES string of the molecule is CC1(C)c2ccccc2-c2ccc(N(c3ccccc3)c3ccc(-c4ccc5ccccc5c4)cc3)cc2C1(C)C. The van der Waals surface area contributed by atoms with E-state index in [2.05, 4.69) is 172 Å². The molecule has 0 atom stereocenters. The lowest BCUT2D eigenvalue weighted by molar-refractivity contribution is 0.299. The predicted molar refractivity (Wildman–Crippen MR) is 176 cm³/mol. The number of para-hydroxylation sites is 1. The molecule has 0 bridgehead atoms. The van der Waals surface area contributed by atoms with E-state index in [0.717, 1.165) is 11.4 Å². The Morgan fingerprint density at radius 1 is 0.390 bits per heavy atom. The molecule has 0 saturated heterocycles. The summed E-state index contributed by atoms with van der Waals surface area (Å²) in [6.45, 7) is 9.58. The summed E-state index contributed by atoms with van der Waals surface area (Å²) in [5.74, 6) is 0. The van der Waals surface area contributed by atoms with Gasteiger partial charge in [-0.2, -0.15) is 0 Å². The Morgan fingerprint density at radius 2 is 0.951 bits per heavy atom. The third-order valence-corrected chi connectivity index (χ3v) is 9.61. The first-order valence-electron chi connectivity index (χ1n) is 14.5. The van der Waals surface area contributed by atoms with Crippen LogP contribution in [0.1, 0.15) is 38.8 Å². The van der Waals surface area contributed by atoms with Crippen LogP contribution in [0.25, 0.3) is 33.0 Å². The van der Waals surface area contributed by atoms with E-state index >= 15 is 0 Å². The third kappa shape index (κ3) is 4.07. The van der Waals surface area contributed by atoms with E-state index in [1.807, 2.05) is 0 Å². The summed E-state index contributed by atoms with van der Waals surface area (Å²) in [6.07, 6.45) is 0. The molecule has 0 radical (unpaired) electrons. The molecule has 0 aliphatic heterocycles. The molecule has 0 spiro atoms. The fraction of sp³-hybridized carbons (Fsp3) is 0.150. The first kappa shape index (κ1) is 25.4. The lowest BCUT2D eigenvalue weighted by atomic mass is 9.55. The van der Waals surface area contributed by atoms with Crippen molar-refractivity contribution in [3.8, 4) is 22.3 Å². The topological polar surface area (TPSA) is 3.24 Å². The fourth-order valence-electron chi connectivity index (χ4n) is 6.56. The zero-order valence-corrected chi connectivity index (χ0v) is 24.2. The van der Waals surface area contributed by atoms with Gasteiger partial charge in [0.25, 0.3) is 0 Å². The van der Waals surface area contributed by atoms with E-state index in [4.69, 9.17) is 0 Å². The highest BCUT2D eigenvalue weighted by Crippen LogP contribution is 2.54. The highest BCUT2D eigenvalue weighted by molar-refractivity contribution is 5.88. The average molecular weight is 530 g/mol. The molecule has 0 saturated carbocycles. The van der Waals surface area contributed by atoms with E-state index in [0.29, 0.717) is 0 Å². The fourth-order valence-corrected chi connectivity index (χ4v) is 6.56. The molecule has 1 aliphatic carbocycles. The van der Waals surface area contributed by atoms with Crippen molar-refractivity contribution in [3.05, 3.63) is 151 Å². The zero-order chi connectivity index (χ0) is 28.2. The van der Waals surface area contributed by atoms with Crippen molar-refractivity contribution in [1.82, 2.24) is 0 Å². The van der Waals surface area contributed by atoms with Gasteiger partial charge in [0, 0.05) is 17.1 Å². The molecule has 1 aliphatic rings. The normalized spacial score (nSPS) is 14.7. The summed E-state index contributed by atoms with van der Waals surface area (Å²) in [6, 6.07) is 50.9. The van der Waals surface area contributed by atoms with Crippen LogP contribution < -0.4 is 4.90 Å². The van der Waals surface area contributed by atoms with Crippen molar-refractivity contribution in [2.45, 2.75) is 38.5 Å². The van der Waals surface area contributed by atoms with Gasteiger partial charge in [-0.05, 0) is 97.4 Å². The summed E-state index contributed by atoms with van der Waals surface area (Å²) in [5.41, 5.74) is 11.4. The maximum absolute atomic E-state index is 2.43. The maximum Gasteiger partial charge on any atom is 0.0464 e. The molecule has 6 aromatic carbocycles. The number of rotatable bonds is 4. The molecule has 1 nitrogen and oxygen atoms in total. The second-order valence-corrected chi connectivity index (χ2v) is 12.3. The van der Waals surface area contributed by atoms with Crippen LogP contribution in [0.2, 0.25) is 0 Å². The molecular formula is C40H35N. The quantitative estimate of drug-likeness (QED) is 0.219. The van der Waals surface area contributed by atoms with Crippen molar-refractivity contribution in [3.63, 3.8) is 0 Å². The largest absolute Gasteiger partial charge is 0.310 e. The second kappa shape index (κ2) is 9.49. The van der Waals surface area contributed by atoms with Gasteiger partial charge < -0.3 is 4.90 Å². The Labute approximate surface area is 243 Å². The van der Waals surface area contributed by atoms with Crippen LogP contribution in [0.5, 0.6) is 0 Å².